The highest BCUT2D eigenvalue weighted by Crippen LogP contribution is 2.39. The molecule has 0 saturated heterocycles. The second kappa shape index (κ2) is 4.83. The molecule has 0 fully saturated rings. The van der Waals surface area contributed by atoms with E-state index >= 15 is 0 Å². The van der Waals surface area contributed by atoms with Gasteiger partial charge < -0.3 is 0 Å². The van der Waals surface area contributed by atoms with Gasteiger partial charge in [0.25, 0.3) is 0 Å². The van der Waals surface area contributed by atoms with Crippen molar-refractivity contribution in [2.75, 3.05) is 0 Å². The summed E-state index contributed by atoms with van der Waals surface area (Å²) in [5.74, 6) is 0. The van der Waals surface area contributed by atoms with Crippen molar-refractivity contribution in [2.24, 2.45) is 5.41 Å². The third-order valence-corrected chi connectivity index (χ3v) is 5.16. The van der Waals surface area contributed by atoms with E-state index in [4.69, 9.17) is 11.6 Å². The Labute approximate surface area is 115 Å². The van der Waals surface area contributed by atoms with Gasteiger partial charge in [-0.05, 0) is 45.6 Å². The molecule has 0 aromatic carbocycles. The van der Waals surface area contributed by atoms with Crippen molar-refractivity contribution >= 4 is 38.9 Å². The summed E-state index contributed by atoms with van der Waals surface area (Å²) in [5.41, 5.74) is 1.83. The summed E-state index contributed by atoms with van der Waals surface area (Å²) in [5, 5.41) is 2.34. The predicted molar refractivity (Wildman–Crippen MR) is 76.5 cm³/mol. The molecule has 1 heterocycles. The maximum absolute atomic E-state index is 6.29. The van der Waals surface area contributed by atoms with Crippen LogP contribution in [0.15, 0.2) is 27.6 Å². The van der Waals surface area contributed by atoms with Crippen molar-refractivity contribution in [1.82, 2.24) is 0 Å². The highest BCUT2D eigenvalue weighted by molar-refractivity contribution is 9.10. The number of halogens is 2. The lowest BCUT2D eigenvalue weighted by molar-refractivity contribution is 0.320. The Bertz CT molecular complexity index is 406. The zero-order valence-electron chi connectivity index (χ0n) is 9.59. The van der Waals surface area contributed by atoms with Gasteiger partial charge >= 0.3 is 0 Å². The maximum Gasteiger partial charge on any atom is 0.0523 e. The molecule has 3 heteroatoms. The molecule has 0 aliphatic heterocycles. The van der Waals surface area contributed by atoms with Gasteiger partial charge in [-0.2, -0.15) is 0 Å². The van der Waals surface area contributed by atoms with E-state index in [0.717, 1.165) is 12.8 Å². The molecule has 0 bridgehead atoms. The first-order chi connectivity index (χ1) is 7.46. The molecule has 1 aromatic heterocycles. The number of hydrogen-bond acceptors (Lipinski definition) is 1. The lowest BCUT2D eigenvalue weighted by atomic mass is 9.76. The molecule has 0 amide bonds. The van der Waals surface area contributed by atoms with Crippen LogP contribution in [0.1, 0.15) is 31.6 Å². The van der Waals surface area contributed by atoms with Gasteiger partial charge in [0.05, 0.1) is 5.38 Å². The quantitative estimate of drug-likeness (QED) is 0.505. The zero-order chi connectivity index (χ0) is 11.8. The normalized spacial score (nSPS) is 24.2. The van der Waals surface area contributed by atoms with E-state index in [1.165, 1.54) is 21.3 Å². The smallest absolute Gasteiger partial charge is 0.0523 e. The summed E-state index contributed by atoms with van der Waals surface area (Å²) >= 11 is 11.7. The fourth-order valence-electron chi connectivity index (χ4n) is 2.37. The van der Waals surface area contributed by atoms with E-state index in [-0.39, 0.29) is 5.38 Å². The van der Waals surface area contributed by atoms with E-state index in [1.807, 2.05) is 11.3 Å². The van der Waals surface area contributed by atoms with Gasteiger partial charge in [-0.3, -0.25) is 0 Å². The molecule has 2 rings (SSSR count). The van der Waals surface area contributed by atoms with Crippen molar-refractivity contribution in [3.8, 4) is 0 Å². The fraction of sp³-hybridized carbons (Fsp3) is 0.538. The molecular formula is C13H16BrClS. The highest BCUT2D eigenvalue weighted by atomic mass is 79.9. The standard InChI is InChI=1S/C13H16BrClS/c1-13(2)7-9(5-10(15)8-13)6-12-11(14)3-4-16-12/h3-5,10H,6-8H2,1-2H3. The summed E-state index contributed by atoms with van der Waals surface area (Å²) in [4.78, 5) is 1.41. The van der Waals surface area contributed by atoms with Crippen LogP contribution >= 0.6 is 38.9 Å². The molecule has 1 aromatic rings. The van der Waals surface area contributed by atoms with Crippen LogP contribution in [0.4, 0.5) is 0 Å². The number of thiophene rings is 1. The second-order valence-electron chi connectivity index (χ2n) is 5.25. The summed E-state index contributed by atoms with van der Waals surface area (Å²) in [6, 6.07) is 2.12. The molecule has 1 atom stereocenters. The minimum absolute atomic E-state index is 0.206. The predicted octanol–water partition coefficient (Wildman–Crippen LogP) is 5.41. The van der Waals surface area contributed by atoms with Gasteiger partial charge in [-0.15, -0.1) is 22.9 Å². The lowest BCUT2D eigenvalue weighted by Crippen LogP contribution is -2.22. The average Bonchev–Trinajstić information content (AvgIpc) is 2.48. The first-order valence-corrected chi connectivity index (χ1v) is 7.63. The Morgan fingerprint density at radius 2 is 2.31 bits per heavy atom. The molecule has 16 heavy (non-hydrogen) atoms. The molecule has 1 aliphatic carbocycles. The third kappa shape index (κ3) is 3.12. The van der Waals surface area contributed by atoms with Crippen LogP contribution in [0.2, 0.25) is 0 Å². The van der Waals surface area contributed by atoms with Crippen LogP contribution in [-0.4, -0.2) is 5.38 Å². The van der Waals surface area contributed by atoms with Crippen LogP contribution in [-0.2, 0) is 6.42 Å². The first-order valence-electron chi connectivity index (χ1n) is 5.52. The summed E-state index contributed by atoms with van der Waals surface area (Å²) in [7, 11) is 0. The van der Waals surface area contributed by atoms with Crippen LogP contribution < -0.4 is 0 Å². The van der Waals surface area contributed by atoms with Gasteiger partial charge in [0.2, 0.25) is 0 Å². The maximum atomic E-state index is 6.29. The van der Waals surface area contributed by atoms with Crippen LogP contribution in [0.25, 0.3) is 0 Å². The van der Waals surface area contributed by atoms with Crippen LogP contribution in [0, 0.1) is 5.41 Å². The number of alkyl halides is 1. The lowest BCUT2D eigenvalue weighted by Gasteiger charge is -2.32. The minimum atomic E-state index is 0.206. The van der Waals surface area contributed by atoms with E-state index in [0.29, 0.717) is 5.41 Å². The van der Waals surface area contributed by atoms with E-state index in [2.05, 4.69) is 47.3 Å². The van der Waals surface area contributed by atoms with Crippen molar-refractivity contribution < 1.29 is 0 Å². The topological polar surface area (TPSA) is 0 Å². The average molecular weight is 320 g/mol. The van der Waals surface area contributed by atoms with Crippen molar-refractivity contribution in [2.45, 2.75) is 38.5 Å². The van der Waals surface area contributed by atoms with Gasteiger partial charge in [0.1, 0.15) is 0 Å². The van der Waals surface area contributed by atoms with E-state index < -0.39 is 0 Å². The van der Waals surface area contributed by atoms with Crippen molar-refractivity contribution in [3.63, 3.8) is 0 Å². The molecule has 0 radical (unpaired) electrons. The number of hydrogen-bond donors (Lipinski definition) is 0. The third-order valence-electron chi connectivity index (χ3n) is 2.95. The summed E-state index contributed by atoms with van der Waals surface area (Å²) in [6.07, 6.45) is 5.55. The van der Waals surface area contributed by atoms with Gasteiger partial charge in [0, 0.05) is 15.8 Å². The summed E-state index contributed by atoms with van der Waals surface area (Å²) < 4.78 is 1.23. The Kier molecular flexibility index (Phi) is 3.82. The highest BCUT2D eigenvalue weighted by Gasteiger charge is 2.27. The summed E-state index contributed by atoms with van der Waals surface area (Å²) in [6.45, 7) is 4.61. The van der Waals surface area contributed by atoms with Crippen molar-refractivity contribution in [1.29, 1.82) is 0 Å². The second-order valence-corrected chi connectivity index (χ2v) is 7.67. The number of rotatable bonds is 2. The number of allylic oxidation sites excluding steroid dienone is 2. The molecule has 0 nitrogen and oxygen atoms in total. The van der Waals surface area contributed by atoms with Gasteiger partial charge in [-0.1, -0.05) is 25.5 Å². The van der Waals surface area contributed by atoms with E-state index in [9.17, 15) is 0 Å². The molecular weight excluding hydrogens is 304 g/mol. The Hall–Kier alpha value is 0.210. The van der Waals surface area contributed by atoms with Gasteiger partial charge in [-0.25, -0.2) is 0 Å². The molecule has 88 valence electrons. The van der Waals surface area contributed by atoms with Crippen LogP contribution in [0.3, 0.4) is 0 Å². The van der Waals surface area contributed by atoms with Gasteiger partial charge in [0.15, 0.2) is 0 Å². The molecule has 1 aliphatic rings. The molecule has 0 N–H and O–H groups in total. The first kappa shape index (κ1) is 12.7. The SMILES string of the molecule is CC1(C)CC(Cc2sccc2Br)=CC(Cl)C1. The monoisotopic (exact) mass is 318 g/mol. The Morgan fingerprint density at radius 3 is 2.88 bits per heavy atom. The molecule has 0 spiro atoms. The minimum Gasteiger partial charge on any atom is -0.147 e. The fourth-order valence-corrected chi connectivity index (χ4v) is 4.51. The Balaban J connectivity index is 2.13. The molecule has 0 saturated carbocycles. The van der Waals surface area contributed by atoms with Crippen molar-refractivity contribution in [3.05, 3.63) is 32.4 Å². The molecule has 1 unspecified atom stereocenters. The Morgan fingerprint density at radius 1 is 1.56 bits per heavy atom. The van der Waals surface area contributed by atoms with Crippen LogP contribution in [0.5, 0.6) is 0 Å². The van der Waals surface area contributed by atoms with E-state index in [1.54, 1.807) is 0 Å². The largest absolute Gasteiger partial charge is 0.147 e. The zero-order valence-corrected chi connectivity index (χ0v) is 12.8.